The Morgan fingerprint density at radius 2 is 2.14 bits per heavy atom. The van der Waals surface area contributed by atoms with Crippen molar-refractivity contribution in [3.8, 4) is 0 Å². The highest BCUT2D eigenvalue weighted by molar-refractivity contribution is 7.16. The van der Waals surface area contributed by atoms with Gasteiger partial charge in [-0.3, -0.25) is 4.79 Å². The van der Waals surface area contributed by atoms with Crippen LogP contribution in [0.5, 0.6) is 0 Å². The first-order valence-electron chi connectivity index (χ1n) is 6.33. The number of hydrogen-bond donors (Lipinski definition) is 2. The number of ether oxygens (including phenoxy) is 1. The molecule has 0 saturated heterocycles. The number of nitrogens with two attached hydrogens (primary N) is 1. The Labute approximate surface area is 124 Å². The number of fused-ring (bicyclic) bond motifs is 1. The number of esters is 1. The van der Waals surface area contributed by atoms with E-state index in [-0.39, 0.29) is 17.8 Å². The van der Waals surface area contributed by atoms with Gasteiger partial charge >= 0.3 is 5.97 Å². The van der Waals surface area contributed by atoms with Gasteiger partial charge in [-0.1, -0.05) is 23.5 Å². The Morgan fingerprint density at radius 3 is 2.81 bits per heavy atom. The van der Waals surface area contributed by atoms with Crippen LogP contribution in [0.3, 0.4) is 0 Å². The van der Waals surface area contributed by atoms with Gasteiger partial charge in [-0.2, -0.15) is 0 Å². The predicted molar refractivity (Wildman–Crippen MR) is 79.4 cm³/mol. The summed E-state index contributed by atoms with van der Waals surface area (Å²) < 4.78 is 4.67. The molecule has 1 aliphatic rings. The first kappa shape index (κ1) is 13.6. The number of aromatic nitrogens is 1. The van der Waals surface area contributed by atoms with Crippen LogP contribution in [0.25, 0.3) is 0 Å². The standard InChI is InChI=1S/C14H13N3O3S/c1-20-13(19)8-4-2-7(3-5-8)9-6-10(18)16-12-11(9)21-14(15)17-12/h2-5,9H,6H2,1H3,(H2,15,17)(H,16,18). The SMILES string of the molecule is COC(=O)c1ccc(C2CC(=O)Nc3nc(N)sc32)cc1. The lowest BCUT2D eigenvalue weighted by Crippen LogP contribution is -2.22. The fraction of sp³-hybridized carbons (Fsp3) is 0.214. The molecule has 1 aromatic carbocycles. The zero-order valence-corrected chi connectivity index (χ0v) is 12.1. The first-order valence-corrected chi connectivity index (χ1v) is 7.14. The fourth-order valence-corrected chi connectivity index (χ4v) is 3.29. The molecule has 0 fully saturated rings. The molecule has 3 rings (SSSR count). The number of carbonyl (C=O) groups excluding carboxylic acids is 2. The number of anilines is 2. The lowest BCUT2D eigenvalue weighted by Gasteiger charge is -2.21. The van der Waals surface area contributed by atoms with Crippen LogP contribution >= 0.6 is 11.3 Å². The van der Waals surface area contributed by atoms with Gasteiger partial charge in [0.05, 0.1) is 17.6 Å². The maximum atomic E-state index is 11.8. The highest BCUT2D eigenvalue weighted by atomic mass is 32.1. The first-order chi connectivity index (χ1) is 10.1. The van der Waals surface area contributed by atoms with Crippen molar-refractivity contribution in [2.45, 2.75) is 12.3 Å². The quantitative estimate of drug-likeness (QED) is 0.827. The molecule has 2 aromatic rings. The molecule has 1 unspecified atom stereocenters. The van der Waals surface area contributed by atoms with E-state index in [4.69, 9.17) is 5.73 Å². The summed E-state index contributed by atoms with van der Waals surface area (Å²) in [4.78, 5) is 28.3. The van der Waals surface area contributed by atoms with Crippen LogP contribution in [0.15, 0.2) is 24.3 Å². The van der Waals surface area contributed by atoms with Gasteiger partial charge < -0.3 is 15.8 Å². The number of rotatable bonds is 2. The van der Waals surface area contributed by atoms with Crippen molar-refractivity contribution in [1.82, 2.24) is 4.98 Å². The Hall–Kier alpha value is -2.41. The molecule has 1 aliphatic heterocycles. The molecular formula is C14H13N3O3S. The number of nitrogens with one attached hydrogen (secondary N) is 1. The summed E-state index contributed by atoms with van der Waals surface area (Å²) in [6.45, 7) is 0. The molecule has 2 heterocycles. The van der Waals surface area contributed by atoms with Crippen molar-refractivity contribution in [1.29, 1.82) is 0 Å². The predicted octanol–water partition coefficient (Wildman–Crippen LogP) is 1.99. The van der Waals surface area contributed by atoms with Crippen LogP contribution in [0.1, 0.15) is 33.1 Å². The van der Waals surface area contributed by atoms with Crippen molar-refractivity contribution >= 4 is 34.2 Å². The van der Waals surface area contributed by atoms with Gasteiger partial charge in [-0.05, 0) is 17.7 Å². The molecule has 0 bridgehead atoms. The Balaban J connectivity index is 1.96. The summed E-state index contributed by atoms with van der Waals surface area (Å²) in [5, 5.41) is 3.15. The molecular weight excluding hydrogens is 290 g/mol. The number of nitrogen functional groups attached to an aromatic ring is 1. The average molecular weight is 303 g/mol. The molecule has 1 amide bonds. The minimum Gasteiger partial charge on any atom is -0.465 e. The number of thiazole rings is 1. The van der Waals surface area contributed by atoms with Gasteiger partial charge in [0.25, 0.3) is 0 Å². The number of nitrogens with zero attached hydrogens (tertiary/aromatic N) is 1. The van der Waals surface area contributed by atoms with Gasteiger partial charge in [-0.25, -0.2) is 9.78 Å². The van der Waals surface area contributed by atoms with Crippen molar-refractivity contribution < 1.29 is 14.3 Å². The maximum Gasteiger partial charge on any atom is 0.337 e. The number of amides is 1. The van der Waals surface area contributed by atoms with Gasteiger partial charge in [0.2, 0.25) is 5.91 Å². The summed E-state index contributed by atoms with van der Waals surface area (Å²) in [7, 11) is 1.34. The fourth-order valence-electron chi connectivity index (χ4n) is 2.37. The average Bonchev–Trinajstić information content (AvgIpc) is 2.85. The zero-order chi connectivity index (χ0) is 15.0. The summed E-state index contributed by atoms with van der Waals surface area (Å²) >= 11 is 1.37. The van der Waals surface area contributed by atoms with E-state index in [1.165, 1.54) is 18.4 Å². The number of hydrogen-bond acceptors (Lipinski definition) is 6. The summed E-state index contributed by atoms with van der Waals surface area (Å²) in [6.07, 6.45) is 0.339. The van der Waals surface area contributed by atoms with Gasteiger partial charge in [0.1, 0.15) is 5.82 Å². The van der Waals surface area contributed by atoms with Crippen molar-refractivity contribution in [3.05, 3.63) is 40.3 Å². The van der Waals surface area contributed by atoms with Crippen LogP contribution in [0.2, 0.25) is 0 Å². The van der Waals surface area contributed by atoms with Crippen LogP contribution in [-0.4, -0.2) is 24.0 Å². The largest absolute Gasteiger partial charge is 0.465 e. The van der Waals surface area contributed by atoms with Gasteiger partial charge in [0, 0.05) is 12.3 Å². The van der Waals surface area contributed by atoms with Gasteiger partial charge in [-0.15, -0.1) is 0 Å². The third-order valence-corrected chi connectivity index (χ3v) is 4.37. The molecule has 0 saturated carbocycles. The summed E-state index contributed by atoms with van der Waals surface area (Å²) in [6, 6.07) is 7.04. The molecule has 7 heteroatoms. The van der Waals surface area contributed by atoms with E-state index >= 15 is 0 Å². The van der Waals surface area contributed by atoms with Crippen LogP contribution in [-0.2, 0) is 9.53 Å². The highest BCUT2D eigenvalue weighted by Gasteiger charge is 2.30. The van der Waals surface area contributed by atoms with E-state index in [2.05, 4.69) is 15.0 Å². The van der Waals surface area contributed by atoms with E-state index in [1.807, 2.05) is 12.1 Å². The lowest BCUT2D eigenvalue weighted by atomic mass is 9.91. The third-order valence-electron chi connectivity index (χ3n) is 3.37. The number of carbonyl (C=O) groups is 2. The Bertz CT molecular complexity index is 709. The second-order valence-electron chi connectivity index (χ2n) is 4.68. The van der Waals surface area contributed by atoms with Crippen LogP contribution in [0.4, 0.5) is 10.9 Å². The number of methoxy groups -OCH3 is 1. The molecule has 21 heavy (non-hydrogen) atoms. The minimum absolute atomic E-state index is 0.0877. The second-order valence-corrected chi connectivity index (χ2v) is 5.75. The summed E-state index contributed by atoms with van der Waals surface area (Å²) in [5.74, 6) is -0.0217. The molecule has 1 atom stereocenters. The minimum atomic E-state index is -0.384. The molecule has 108 valence electrons. The van der Waals surface area contributed by atoms with Crippen molar-refractivity contribution in [3.63, 3.8) is 0 Å². The van der Waals surface area contributed by atoms with Crippen molar-refractivity contribution in [2.24, 2.45) is 0 Å². The van der Waals surface area contributed by atoms with E-state index < -0.39 is 0 Å². The molecule has 0 spiro atoms. The lowest BCUT2D eigenvalue weighted by molar-refractivity contribution is -0.116. The van der Waals surface area contributed by atoms with Crippen LogP contribution < -0.4 is 11.1 Å². The topological polar surface area (TPSA) is 94.3 Å². The molecule has 6 nitrogen and oxygen atoms in total. The monoisotopic (exact) mass is 303 g/mol. The van der Waals surface area contributed by atoms with E-state index in [1.54, 1.807) is 12.1 Å². The van der Waals surface area contributed by atoms with Crippen molar-refractivity contribution in [2.75, 3.05) is 18.2 Å². The molecule has 0 radical (unpaired) electrons. The number of benzene rings is 1. The van der Waals surface area contributed by atoms with E-state index in [9.17, 15) is 9.59 Å². The molecule has 3 N–H and O–H groups in total. The third kappa shape index (κ3) is 2.47. The zero-order valence-electron chi connectivity index (χ0n) is 11.3. The van der Waals surface area contributed by atoms with E-state index in [0.717, 1.165) is 10.4 Å². The summed E-state index contributed by atoms with van der Waals surface area (Å²) in [5.41, 5.74) is 7.14. The second kappa shape index (κ2) is 5.17. The van der Waals surface area contributed by atoms with Gasteiger partial charge in [0.15, 0.2) is 5.13 Å². The maximum absolute atomic E-state index is 11.8. The normalized spacial score (nSPS) is 17.0. The van der Waals surface area contributed by atoms with Crippen LogP contribution in [0, 0.1) is 0 Å². The van der Waals surface area contributed by atoms with E-state index in [0.29, 0.717) is 22.9 Å². The Morgan fingerprint density at radius 1 is 1.43 bits per heavy atom. The molecule has 0 aliphatic carbocycles. The molecule has 1 aromatic heterocycles. The smallest absolute Gasteiger partial charge is 0.337 e. The highest BCUT2D eigenvalue weighted by Crippen LogP contribution is 2.41. The Kier molecular flexibility index (Phi) is 3.34.